The van der Waals surface area contributed by atoms with Gasteiger partial charge < -0.3 is 25.2 Å². The van der Waals surface area contributed by atoms with Crippen molar-refractivity contribution in [2.45, 2.75) is 25.4 Å². The number of hydrogen-bond acceptors (Lipinski definition) is 5. The first-order valence-corrected chi connectivity index (χ1v) is 8.87. The Morgan fingerprint density at radius 3 is 2.00 bits per heavy atom. The number of rotatable bonds is 11. The molecule has 0 saturated carbocycles. The first-order valence-electron chi connectivity index (χ1n) is 6.34. The molecule has 0 amide bonds. The van der Waals surface area contributed by atoms with Crippen LogP contribution in [0.3, 0.4) is 0 Å². The summed E-state index contributed by atoms with van der Waals surface area (Å²) in [7, 11) is 1.57. The summed E-state index contributed by atoms with van der Waals surface area (Å²) in [4.78, 5) is 2.37. The van der Waals surface area contributed by atoms with Gasteiger partial charge in [0.1, 0.15) is 0 Å². The Morgan fingerprint density at radius 1 is 0.941 bits per heavy atom. The van der Waals surface area contributed by atoms with Crippen molar-refractivity contribution < 1.29 is 8.85 Å². The molecule has 0 aromatic rings. The van der Waals surface area contributed by atoms with E-state index in [1.165, 1.54) is 0 Å². The predicted molar refractivity (Wildman–Crippen MR) is 74.2 cm³/mol. The zero-order valence-electron chi connectivity index (χ0n) is 11.6. The van der Waals surface area contributed by atoms with Gasteiger partial charge in [0.25, 0.3) is 0 Å². The van der Waals surface area contributed by atoms with Crippen LogP contribution in [0.4, 0.5) is 0 Å². The zero-order valence-corrected chi connectivity index (χ0v) is 12.6. The monoisotopic (exact) mass is 263 g/mol. The Bertz CT molecular complexity index is 180. The number of nitrogens with two attached hydrogens (primary N) is 2. The van der Waals surface area contributed by atoms with Gasteiger partial charge in [0.15, 0.2) is 0 Å². The molecule has 0 spiro atoms. The van der Waals surface area contributed by atoms with E-state index in [1.54, 1.807) is 14.2 Å². The quantitative estimate of drug-likeness (QED) is 0.526. The van der Waals surface area contributed by atoms with Gasteiger partial charge in [0.2, 0.25) is 0 Å². The van der Waals surface area contributed by atoms with E-state index in [4.69, 9.17) is 20.3 Å². The molecule has 0 aromatic heterocycles. The van der Waals surface area contributed by atoms with Gasteiger partial charge in [0.05, 0.1) is 0 Å². The van der Waals surface area contributed by atoms with Crippen molar-refractivity contribution in [3.05, 3.63) is 0 Å². The summed E-state index contributed by atoms with van der Waals surface area (Å²) in [5, 5.41) is 0. The van der Waals surface area contributed by atoms with Crippen LogP contribution in [0.5, 0.6) is 0 Å². The highest BCUT2D eigenvalue weighted by molar-refractivity contribution is 6.65. The third-order valence-corrected chi connectivity index (χ3v) is 6.08. The van der Waals surface area contributed by atoms with E-state index in [1.807, 2.05) is 0 Å². The lowest BCUT2D eigenvalue weighted by molar-refractivity contribution is 0.239. The summed E-state index contributed by atoms with van der Waals surface area (Å²) in [6, 6.07) is 1.02. The van der Waals surface area contributed by atoms with Crippen molar-refractivity contribution in [1.82, 2.24) is 4.90 Å². The summed E-state index contributed by atoms with van der Waals surface area (Å²) in [5.41, 5.74) is 11.1. The minimum Gasteiger partial charge on any atom is -0.398 e. The molecule has 0 aliphatic heterocycles. The van der Waals surface area contributed by atoms with Gasteiger partial charge in [-0.1, -0.05) is 0 Å². The van der Waals surface area contributed by atoms with Crippen molar-refractivity contribution in [1.29, 1.82) is 0 Å². The SMILES string of the molecule is CO[Si](C)(CCCN(CCN)CCCN)OC. The minimum atomic E-state index is -1.90. The van der Waals surface area contributed by atoms with Crippen molar-refractivity contribution in [3.63, 3.8) is 0 Å². The lowest BCUT2D eigenvalue weighted by atomic mass is 10.3. The fourth-order valence-corrected chi connectivity index (χ4v) is 3.12. The summed E-state index contributed by atoms with van der Waals surface area (Å²) in [5.74, 6) is 0. The molecule has 0 radical (unpaired) electrons. The van der Waals surface area contributed by atoms with E-state index in [9.17, 15) is 0 Å². The molecule has 0 bridgehead atoms. The Kier molecular flexibility index (Phi) is 10.00. The smallest absolute Gasteiger partial charge is 0.334 e. The minimum absolute atomic E-state index is 0.702. The molecule has 104 valence electrons. The van der Waals surface area contributed by atoms with Crippen LogP contribution in [0.15, 0.2) is 0 Å². The average molecular weight is 263 g/mol. The molecule has 0 heterocycles. The van der Waals surface area contributed by atoms with Crippen LogP contribution in [-0.2, 0) is 8.85 Å². The molecule has 4 N–H and O–H groups in total. The number of nitrogens with zero attached hydrogens (tertiary/aromatic N) is 1. The summed E-state index contributed by atoms with van der Waals surface area (Å²) < 4.78 is 10.9. The average Bonchev–Trinajstić information content (AvgIpc) is 2.35. The molecule has 0 aromatic carbocycles. The molecule has 0 saturated heterocycles. The largest absolute Gasteiger partial charge is 0.398 e. The van der Waals surface area contributed by atoms with Crippen molar-refractivity contribution in [2.24, 2.45) is 11.5 Å². The van der Waals surface area contributed by atoms with Gasteiger partial charge >= 0.3 is 8.56 Å². The summed E-state index contributed by atoms with van der Waals surface area (Å²) >= 11 is 0. The normalized spacial score (nSPS) is 12.4. The zero-order chi connectivity index (χ0) is 13.1. The Balaban J connectivity index is 3.87. The fraction of sp³-hybridized carbons (Fsp3) is 1.00. The molecular formula is C11H29N3O2Si. The maximum absolute atomic E-state index is 5.60. The van der Waals surface area contributed by atoms with Crippen molar-refractivity contribution in [2.75, 3.05) is 46.9 Å². The lowest BCUT2D eigenvalue weighted by Gasteiger charge is -2.25. The second-order valence-corrected chi connectivity index (χ2v) is 8.00. The van der Waals surface area contributed by atoms with Crippen LogP contribution in [0.1, 0.15) is 12.8 Å². The molecule has 0 aliphatic rings. The molecule has 0 aliphatic carbocycles. The first-order chi connectivity index (χ1) is 8.11. The molecule has 5 nitrogen and oxygen atoms in total. The maximum atomic E-state index is 5.60. The third kappa shape index (κ3) is 7.85. The highest BCUT2D eigenvalue weighted by Gasteiger charge is 2.27. The molecule has 17 heavy (non-hydrogen) atoms. The first kappa shape index (κ1) is 17.0. The Hall–Kier alpha value is 0.0169. The van der Waals surface area contributed by atoms with E-state index in [-0.39, 0.29) is 0 Å². The van der Waals surface area contributed by atoms with Crippen LogP contribution < -0.4 is 11.5 Å². The molecule has 0 fully saturated rings. The van der Waals surface area contributed by atoms with Gasteiger partial charge in [-0.25, -0.2) is 0 Å². The Morgan fingerprint density at radius 2 is 1.53 bits per heavy atom. The lowest BCUT2D eigenvalue weighted by Crippen LogP contribution is -2.38. The molecule has 0 atom stereocenters. The third-order valence-electron chi connectivity index (χ3n) is 3.09. The van der Waals surface area contributed by atoms with E-state index < -0.39 is 8.56 Å². The van der Waals surface area contributed by atoms with Crippen LogP contribution >= 0.6 is 0 Å². The van der Waals surface area contributed by atoms with Crippen LogP contribution in [0.2, 0.25) is 12.6 Å². The standard InChI is InChI=1S/C11H29N3O2Si/c1-15-17(3,16-2)11-5-9-14(10-7-13)8-4-6-12/h4-13H2,1-3H3. The molecule has 0 rings (SSSR count). The van der Waals surface area contributed by atoms with Gasteiger partial charge in [-0.05, 0) is 45.1 Å². The summed E-state index contributed by atoms with van der Waals surface area (Å²) in [6.45, 7) is 6.56. The number of hydrogen-bond donors (Lipinski definition) is 2. The highest BCUT2D eigenvalue weighted by atomic mass is 28.4. The molecule has 0 unspecified atom stereocenters. The van der Waals surface area contributed by atoms with Gasteiger partial charge in [0, 0.05) is 27.3 Å². The van der Waals surface area contributed by atoms with Gasteiger partial charge in [-0.3, -0.25) is 0 Å². The van der Waals surface area contributed by atoms with Gasteiger partial charge in [-0.15, -0.1) is 0 Å². The second-order valence-electron chi connectivity index (χ2n) is 4.42. The van der Waals surface area contributed by atoms with E-state index in [0.717, 1.165) is 45.1 Å². The van der Waals surface area contributed by atoms with Crippen molar-refractivity contribution >= 4 is 8.56 Å². The molecular weight excluding hydrogens is 234 g/mol. The van der Waals surface area contributed by atoms with E-state index in [0.29, 0.717) is 6.54 Å². The van der Waals surface area contributed by atoms with Crippen LogP contribution in [-0.4, -0.2) is 60.4 Å². The molecule has 6 heteroatoms. The maximum Gasteiger partial charge on any atom is 0.334 e. The Labute approximate surface area is 107 Å². The van der Waals surface area contributed by atoms with Gasteiger partial charge in [-0.2, -0.15) is 0 Å². The van der Waals surface area contributed by atoms with Crippen molar-refractivity contribution in [3.8, 4) is 0 Å². The highest BCUT2D eigenvalue weighted by Crippen LogP contribution is 2.14. The fourth-order valence-electron chi connectivity index (χ4n) is 1.74. The van der Waals surface area contributed by atoms with Crippen LogP contribution in [0.25, 0.3) is 0 Å². The summed E-state index contributed by atoms with van der Waals surface area (Å²) in [6.07, 6.45) is 2.12. The van der Waals surface area contributed by atoms with E-state index in [2.05, 4.69) is 11.4 Å². The second kappa shape index (κ2) is 9.99. The predicted octanol–water partition coefficient (Wildman–Crippen LogP) is 0.351. The van der Waals surface area contributed by atoms with E-state index >= 15 is 0 Å². The topological polar surface area (TPSA) is 73.7 Å². The van der Waals surface area contributed by atoms with Crippen LogP contribution in [0, 0.1) is 0 Å².